The molecule has 0 aliphatic heterocycles. The van der Waals surface area contributed by atoms with Crippen molar-refractivity contribution in [3.63, 3.8) is 0 Å². The second-order valence-electron chi connectivity index (χ2n) is 6.16. The van der Waals surface area contributed by atoms with Gasteiger partial charge in [0, 0.05) is 24.3 Å². The Morgan fingerprint density at radius 1 is 1.23 bits per heavy atom. The third-order valence-electron chi connectivity index (χ3n) is 4.14. The lowest BCUT2D eigenvalue weighted by atomic mass is 10.1. The Kier molecular flexibility index (Phi) is 5.36. The summed E-state index contributed by atoms with van der Waals surface area (Å²) >= 11 is 0. The van der Waals surface area contributed by atoms with E-state index in [9.17, 15) is 4.79 Å². The van der Waals surface area contributed by atoms with Crippen molar-refractivity contribution in [1.82, 2.24) is 25.3 Å². The molecule has 26 heavy (non-hydrogen) atoms. The number of H-pyrrole nitrogens is 1. The smallest absolute Gasteiger partial charge is 0.269 e. The van der Waals surface area contributed by atoms with Crippen molar-refractivity contribution < 1.29 is 9.53 Å². The van der Waals surface area contributed by atoms with E-state index in [2.05, 4.69) is 20.6 Å². The highest BCUT2D eigenvalue weighted by molar-refractivity contribution is 5.93. The minimum Gasteiger partial charge on any atom is -0.497 e. The van der Waals surface area contributed by atoms with Crippen molar-refractivity contribution in [3.05, 3.63) is 53.5 Å². The summed E-state index contributed by atoms with van der Waals surface area (Å²) in [5.74, 6) is 0.621. The van der Waals surface area contributed by atoms with Crippen LogP contribution < -0.4 is 10.1 Å². The lowest BCUT2D eigenvalue weighted by molar-refractivity contribution is 0.0947. The van der Waals surface area contributed by atoms with Gasteiger partial charge in [-0.3, -0.25) is 14.6 Å². The molecule has 136 valence electrons. The van der Waals surface area contributed by atoms with Crippen molar-refractivity contribution in [3.8, 4) is 17.0 Å². The van der Waals surface area contributed by atoms with Crippen molar-refractivity contribution in [2.24, 2.45) is 0 Å². The molecule has 1 aromatic carbocycles. The van der Waals surface area contributed by atoms with E-state index in [0.29, 0.717) is 12.2 Å². The van der Waals surface area contributed by atoms with E-state index in [0.717, 1.165) is 41.4 Å². The van der Waals surface area contributed by atoms with E-state index in [-0.39, 0.29) is 5.91 Å². The Bertz CT molecular complexity index is 880. The Morgan fingerprint density at radius 3 is 2.65 bits per heavy atom. The number of aromatic nitrogens is 4. The highest BCUT2D eigenvalue weighted by atomic mass is 16.5. The van der Waals surface area contributed by atoms with Gasteiger partial charge in [-0.25, -0.2) is 0 Å². The molecule has 1 amide bonds. The SMILES string of the molecule is COc1ccc(-c2cc(C(=O)NCCCn3nc(C)cc3C)[nH]n2)cc1. The molecular weight excluding hydrogens is 330 g/mol. The predicted molar refractivity (Wildman–Crippen MR) is 99.2 cm³/mol. The zero-order chi connectivity index (χ0) is 18.5. The van der Waals surface area contributed by atoms with E-state index >= 15 is 0 Å². The van der Waals surface area contributed by atoms with Gasteiger partial charge < -0.3 is 10.1 Å². The molecule has 0 fully saturated rings. The summed E-state index contributed by atoms with van der Waals surface area (Å²) in [5.41, 5.74) is 4.23. The van der Waals surface area contributed by atoms with E-state index < -0.39 is 0 Å². The molecule has 0 spiro atoms. The van der Waals surface area contributed by atoms with Crippen LogP contribution in [0.4, 0.5) is 0 Å². The number of carbonyl (C=O) groups is 1. The van der Waals surface area contributed by atoms with Crippen LogP contribution in [0.2, 0.25) is 0 Å². The first kappa shape index (κ1) is 17.7. The summed E-state index contributed by atoms with van der Waals surface area (Å²) in [5, 5.41) is 14.3. The third kappa shape index (κ3) is 4.11. The molecule has 7 heteroatoms. The second kappa shape index (κ2) is 7.86. The molecule has 0 aliphatic rings. The zero-order valence-electron chi connectivity index (χ0n) is 15.2. The summed E-state index contributed by atoms with van der Waals surface area (Å²) in [7, 11) is 1.63. The fraction of sp³-hybridized carbons (Fsp3) is 0.316. The van der Waals surface area contributed by atoms with Gasteiger partial charge in [-0.2, -0.15) is 10.2 Å². The van der Waals surface area contributed by atoms with Crippen LogP contribution in [0.5, 0.6) is 5.75 Å². The second-order valence-corrected chi connectivity index (χ2v) is 6.16. The molecular formula is C19H23N5O2. The number of aromatic amines is 1. The number of hydrogen-bond donors (Lipinski definition) is 2. The summed E-state index contributed by atoms with van der Waals surface area (Å²) in [6.07, 6.45) is 0.813. The quantitative estimate of drug-likeness (QED) is 0.640. The molecule has 0 aliphatic carbocycles. The Labute approximate surface area is 152 Å². The van der Waals surface area contributed by atoms with Crippen molar-refractivity contribution in [1.29, 1.82) is 0 Å². The average Bonchev–Trinajstić information content (AvgIpc) is 3.25. The molecule has 7 nitrogen and oxygen atoms in total. The zero-order valence-corrected chi connectivity index (χ0v) is 15.2. The average molecular weight is 353 g/mol. The summed E-state index contributed by atoms with van der Waals surface area (Å²) < 4.78 is 7.10. The molecule has 0 saturated heterocycles. The molecule has 3 rings (SSSR count). The number of carbonyl (C=O) groups excluding carboxylic acids is 1. The number of benzene rings is 1. The standard InChI is InChI=1S/C19H23N5O2/c1-13-11-14(2)24(23-13)10-4-9-20-19(25)18-12-17(21-22-18)15-5-7-16(26-3)8-6-15/h5-8,11-12H,4,9-10H2,1-3H3,(H,20,25)(H,21,22). The Morgan fingerprint density at radius 2 is 2.00 bits per heavy atom. The fourth-order valence-electron chi connectivity index (χ4n) is 2.77. The van der Waals surface area contributed by atoms with Gasteiger partial charge in [0.1, 0.15) is 11.4 Å². The van der Waals surface area contributed by atoms with Crippen LogP contribution >= 0.6 is 0 Å². The van der Waals surface area contributed by atoms with E-state index in [1.54, 1.807) is 13.2 Å². The van der Waals surface area contributed by atoms with Gasteiger partial charge >= 0.3 is 0 Å². The maximum Gasteiger partial charge on any atom is 0.269 e. The number of ether oxygens (including phenoxy) is 1. The molecule has 0 bridgehead atoms. The third-order valence-corrected chi connectivity index (χ3v) is 4.14. The van der Waals surface area contributed by atoms with Crippen LogP contribution in [0, 0.1) is 13.8 Å². The number of nitrogens with zero attached hydrogens (tertiary/aromatic N) is 3. The topological polar surface area (TPSA) is 84.8 Å². The van der Waals surface area contributed by atoms with Crippen LogP contribution in [0.1, 0.15) is 28.3 Å². The molecule has 0 atom stereocenters. The van der Waals surface area contributed by atoms with Gasteiger partial charge in [-0.05, 0) is 56.7 Å². The number of aryl methyl sites for hydroxylation is 3. The number of nitrogens with one attached hydrogen (secondary N) is 2. The van der Waals surface area contributed by atoms with Crippen LogP contribution in [-0.2, 0) is 6.54 Å². The maximum absolute atomic E-state index is 12.2. The number of amides is 1. The number of hydrogen-bond acceptors (Lipinski definition) is 4. The molecule has 2 N–H and O–H groups in total. The molecule has 0 unspecified atom stereocenters. The lowest BCUT2D eigenvalue weighted by Crippen LogP contribution is -2.25. The molecule has 0 saturated carbocycles. The first-order chi connectivity index (χ1) is 12.6. The highest BCUT2D eigenvalue weighted by Crippen LogP contribution is 2.21. The monoisotopic (exact) mass is 353 g/mol. The summed E-state index contributed by atoms with van der Waals surface area (Å²) in [6, 6.07) is 11.3. The summed E-state index contributed by atoms with van der Waals surface area (Å²) in [6.45, 7) is 5.36. The lowest BCUT2D eigenvalue weighted by Gasteiger charge is -2.05. The van der Waals surface area contributed by atoms with Crippen LogP contribution in [0.25, 0.3) is 11.3 Å². The van der Waals surface area contributed by atoms with Gasteiger partial charge in [-0.1, -0.05) is 0 Å². The number of methoxy groups -OCH3 is 1. The molecule has 3 aromatic rings. The van der Waals surface area contributed by atoms with Gasteiger partial charge in [0.05, 0.1) is 18.5 Å². The molecule has 0 radical (unpaired) electrons. The van der Waals surface area contributed by atoms with Crippen molar-refractivity contribution in [2.75, 3.05) is 13.7 Å². The Hall–Kier alpha value is -3.09. The van der Waals surface area contributed by atoms with Gasteiger partial charge in [0.15, 0.2) is 0 Å². The van der Waals surface area contributed by atoms with Crippen LogP contribution in [0.3, 0.4) is 0 Å². The van der Waals surface area contributed by atoms with Gasteiger partial charge in [0.25, 0.3) is 5.91 Å². The van der Waals surface area contributed by atoms with Crippen molar-refractivity contribution in [2.45, 2.75) is 26.8 Å². The maximum atomic E-state index is 12.2. The minimum atomic E-state index is -0.161. The van der Waals surface area contributed by atoms with Crippen LogP contribution in [-0.4, -0.2) is 39.5 Å². The first-order valence-electron chi connectivity index (χ1n) is 8.56. The van der Waals surface area contributed by atoms with Crippen molar-refractivity contribution >= 4 is 5.91 Å². The predicted octanol–water partition coefficient (Wildman–Crippen LogP) is 2.72. The Balaban J connectivity index is 1.52. The van der Waals surface area contributed by atoms with Gasteiger partial charge in [-0.15, -0.1) is 0 Å². The molecule has 2 aromatic heterocycles. The van der Waals surface area contributed by atoms with Crippen LogP contribution in [0.15, 0.2) is 36.4 Å². The van der Waals surface area contributed by atoms with E-state index in [4.69, 9.17) is 4.74 Å². The normalized spacial score (nSPS) is 10.7. The largest absolute Gasteiger partial charge is 0.497 e. The van der Waals surface area contributed by atoms with E-state index in [1.165, 1.54) is 0 Å². The van der Waals surface area contributed by atoms with Gasteiger partial charge in [0.2, 0.25) is 0 Å². The highest BCUT2D eigenvalue weighted by Gasteiger charge is 2.11. The summed E-state index contributed by atoms with van der Waals surface area (Å²) in [4.78, 5) is 12.2. The van der Waals surface area contributed by atoms with E-state index in [1.807, 2.05) is 48.9 Å². The first-order valence-corrected chi connectivity index (χ1v) is 8.56. The fourth-order valence-corrected chi connectivity index (χ4v) is 2.77. The minimum absolute atomic E-state index is 0.161. The number of rotatable bonds is 7. The molecule has 2 heterocycles.